The summed E-state index contributed by atoms with van der Waals surface area (Å²) in [6.45, 7) is 3.41. The van der Waals surface area contributed by atoms with Gasteiger partial charge in [0.25, 0.3) is 0 Å². The molecular formula is C16H20N4O2. The van der Waals surface area contributed by atoms with Crippen LogP contribution in [0.4, 0.5) is 0 Å². The van der Waals surface area contributed by atoms with E-state index in [2.05, 4.69) is 29.2 Å². The largest absolute Gasteiger partial charge is 0.368 e. The van der Waals surface area contributed by atoms with Crippen LogP contribution in [-0.4, -0.2) is 33.5 Å². The molecule has 2 aromatic rings. The first-order valence-corrected chi connectivity index (χ1v) is 7.62. The zero-order chi connectivity index (χ0) is 15.5. The van der Waals surface area contributed by atoms with Crippen molar-refractivity contribution in [2.45, 2.75) is 38.8 Å². The fourth-order valence-corrected chi connectivity index (χ4v) is 2.84. The number of benzene rings is 1. The lowest BCUT2D eigenvalue weighted by molar-refractivity contribution is -0.122. The van der Waals surface area contributed by atoms with Crippen LogP contribution in [0.1, 0.15) is 31.2 Å². The van der Waals surface area contributed by atoms with E-state index in [1.807, 2.05) is 17.0 Å². The number of hydrogen-bond acceptors (Lipinski definition) is 5. The lowest BCUT2D eigenvalue weighted by atomic mass is 10.1. The highest BCUT2D eigenvalue weighted by Crippen LogP contribution is 2.21. The van der Waals surface area contributed by atoms with Crippen LogP contribution in [0.2, 0.25) is 0 Å². The Labute approximate surface area is 129 Å². The third-order valence-electron chi connectivity index (χ3n) is 4.12. The molecule has 116 valence electrons. The predicted octanol–water partition coefficient (Wildman–Crippen LogP) is 1.75. The first kappa shape index (κ1) is 14.7. The monoisotopic (exact) mass is 300 g/mol. The maximum absolute atomic E-state index is 11.4. The summed E-state index contributed by atoms with van der Waals surface area (Å²) in [5.41, 5.74) is 7.62. The van der Waals surface area contributed by atoms with Crippen LogP contribution in [0, 0.1) is 0 Å². The van der Waals surface area contributed by atoms with Gasteiger partial charge in [0.05, 0.1) is 12.6 Å². The summed E-state index contributed by atoms with van der Waals surface area (Å²) >= 11 is 0. The predicted molar refractivity (Wildman–Crippen MR) is 81.7 cm³/mol. The quantitative estimate of drug-likeness (QED) is 0.909. The Kier molecular flexibility index (Phi) is 4.20. The molecule has 1 aromatic carbocycles. The van der Waals surface area contributed by atoms with Crippen LogP contribution in [0.15, 0.2) is 28.8 Å². The minimum Gasteiger partial charge on any atom is -0.368 e. The van der Waals surface area contributed by atoms with E-state index in [0.717, 1.165) is 31.4 Å². The van der Waals surface area contributed by atoms with Crippen molar-refractivity contribution in [3.05, 3.63) is 35.7 Å². The number of primary amides is 1. The normalized spacial score (nSPS) is 18.7. The van der Waals surface area contributed by atoms with Crippen LogP contribution < -0.4 is 5.73 Å². The fourth-order valence-electron chi connectivity index (χ4n) is 2.84. The Bertz CT molecular complexity index is 650. The summed E-state index contributed by atoms with van der Waals surface area (Å²) in [5.74, 6) is 0.808. The van der Waals surface area contributed by atoms with Crippen LogP contribution in [-0.2, 0) is 17.8 Å². The van der Waals surface area contributed by atoms with Gasteiger partial charge < -0.3 is 10.3 Å². The third-order valence-corrected chi connectivity index (χ3v) is 4.12. The molecule has 0 aliphatic carbocycles. The Hall–Kier alpha value is -2.21. The zero-order valence-electron chi connectivity index (χ0n) is 12.7. The summed E-state index contributed by atoms with van der Waals surface area (Å²) in [5, 5.41) is 4.02. The molecule has 1 amide bonds. The van der Waals surface area contributed by atoms with E-state index in [1.165, 1.54) is 5.56 Å². The molecule has 2 heterocycles. The SMILES string of the molecule is CCc1ccc(-c2noc(CN3CCCC3C(N)=O)n2)cc1. The highest BCUT2D eigenvalue weighted by Gasteiger charge is 2.30. The number of nitrogens with zero attached hydrogens (tertiary/aromatic N) is 3. The van der Waals surface area contributed by atoms with E-state index in [1.54, 1.807) is 0 Å². The second-order valence-electron chi connectivity index (χ2n) is 5.59. The number of amides is 1. The summed E-state index contributed by atoms with van der Waals surface area (Å²) in [6, 6.07) is 7.90. The topological polar surface area (TPSA) is 85.3 Å². The summed E-state index contributed by atoms with van der Waals surface area (Å²) in [7, 11) is 0. The zero-order valence-corrected chi connectivity index (χ0v) is 12.7. The molecule has 0 bridgehead atoms. The van der Waals surface area contributed by atoms with Crippen LogP contribution >= 0.6 is 0 Å². The van der Waals surface area contributed by atoms with Crippen molar-refractivity contribution in [2.75, 3.05) is 6.54 Å². The molecule has 2 N–H and O–H groups in total. The molecule has 3 rings (SSSR count). The molecule has 1 aliphatic rings. The minimum absolute atomic E-state index is 0.223. The Morgan fingerprint density at radius 2 is 2.18 bits per heavy atom. The van der Waals surface area contributed by atoms with E-state index in [4.69, 9.17) is 10.3 Å². The average Bonchev–Trinajstić information content (AvgIpc) is 3.17. The summed E-state index contributed by atoms with van der Waals surface area (Å²) in [4.78, 5) is 17.8. The third kappa shape index (κ3) is 3.01. The fraction of sp³-hybridized carbons (Fsp3) is 0.438. The van der Waals surface area contributed by atoms with Crippen molar-refractivity contribution in [1.29, 1.82) is 0 Å². The Morgan fingerprint density at radius 1 is 1.41 bits per heavy atom. The molecule has 1 aromatic heterocycles. The maximum atomic E-state index is 11.4. The van der Waals surface area contributed by atoms with Gasteiger partial charge in [-0.05, 0) is 31.4 Å². The first-order valence-electron chi connectivity index (χ1n) is 7.62. The van der Waals surface area contributed by atoms with E-state index >= 15 is 0 Å². The summed E-state index contributed by atoms with van der Waals surface area (Å²) in [6.07, 6.45) is 2.77. The smallest absolute Gasteiger partial charge is 0.241 e. The second kappa shape index (κ2) is 6.27. The van der Waals surface area contributed by atoms with E-state index in [9.17, 15) is 4.79 Å². The van der Waals surface area contributed by atoms with Gasteiger partial charge in [-0.25, -0.2) is 0 Å². The highest BCUT2D eigenvalue weighted by molar-refractivity contribution is 5.80. The second-order valence-corrected chi connectivity index (χ2v) is 5.59. The highest BCUT2D eigenvalue weighted by atomic mass is 16.5. The molecule has 6 nitrogen and oxygen atoms in total. The number of aryl methyl sites for hydroxylation is 1. The van der Waals surface area contributed by atoms with Crippen molar-refractivity contribution >= 4 is 5.91 Å². The van der Waals surface area contributed by atoms with Crippen LogP contribution in [0.25, 0.3) is 11.4 Å². The molecule has 1 fully saturated rings. The molecule has 1 saturated heterocycles. The lowest BCUT2D eigenvalue weighted by Crippen LogP contribution is -2.39. The number of nitrogens with two attached hydrogens (primary N) is 1. The minimum atomic E-state index is -0.285. The van der Waals surface area contributed by atoms with Gasteiger partial charge in [-0.15, -0.1) is 0 Å². The van der Waals surface area contributed by atoms with Crippen molar-refractivity contribution in [3.63, 3.8) is 0 Å². The van der Waals surface area contributed by atoms with Crippen molar-refractivity contribution in [2.24, 2.45) is 5.73 Å². The molecule has 1 aliphatic heterocycles. The lowest BCUT2D eigenvalue weighted by Gasteiger charge is -2.19. The molecule has 1 unspecified atom stereocenters. The Morgan fingerprint density at radius 3 is 2.86 bits per heavy atom. The standard InChI is InChI=1S/C16H20N4O2/c1-2-11-5-7-12(8-6-11)16-18-14(22-19-16)10-20-9-3-4-13(20)15(17)21/h5-8,13H,2-4,9-10H2,1H3,(H2,17,21). The van der Waals surface area contributed by atoms with Gasteiger partial charge in [-0.3, -0.25) is 9.69 Å². The number of carbonyl (C=O) groups is 1. The van der Waals surface area contributed by atoms with Crippen molar-refractivity contribution in [1.82, 2.24) is 15.0 Å². The van der Waals surface area contributed by atoms with Crippen LogP contribution in [0.3, 0.4) is 0 Å². The molecule has 6 heteroatoms. The molecule has 0 saturated carbocycles. The molecule has 22 heavy (non-hydrogen) atoms. The van der Waals surface area contributed by atoms with Gasteiger partial charge in [-0.2, -0.15) is 4.98 Å². The van der Waals surface area contributed by atoms with Gasteiger partial charge in [-0.1, -0.05) is 36.3 Å². The van der Waals surface area contributed by atoms with Crippen LogP contribution in [0.5, 0.6) is 0 Å². The average molecular weight is 300 g/mol. The molecule has 1 atom stereocenters. The van der Waals surface area contributed by atoms with Crippen molar-refractivity contribution < 1.29 is 9.32 Å². The Balaban J connectivity index is 1.72. The molecular weight excluding hydrogens is 280 g/mol. The first-order chi connectivity index (χ1) is 10.7. The van der Waals surface area contributed by atoms with Gasteiger partial charge in [0.1, 0.15) is 0 Å². The number of carbonyl (C=O) groups excluding carboxylic acids is 1. The van der Waals surface area contributed by atoms with E-state index in [-0.39, 0.29) is 11.9 Å². The summed E-state index contributed by atoms with van der Waals surface area (Å²) < 4.78 is 5.31. The number of hydrogen-bond donors (Lipinski definition) is 1. The number of aromatic nitrogens is 2. The van der Waals surface area contributed by atoms with Crippen molar-refractivity contribution in [3.8, 4) is 11.4 Å². The molecule has 0 spiro atoms. The molecule has 0 radical (unpaired) electrons. The van der Waals surface area contributed by atoms with E-state index in [0.29, 0.717) is 18.3 Å². The number of rotatable bonds is 5. The number of likely N-dealkylation sites (tertiary alicyclic amines) is 1. The van der Waals surface area contributed by atoms with Gasteiger partial charge in [0.2, 0.25) is 17.6 Å². The maximum Gasteiger partial charge on any atom is 0.241 e. The van der Waals surface area contributed by atoms with Gasteiger partial charge in [0.15, 0.2) is 0 Å². The van der Waals surface area contributed by atoms with E-state index < -0.39 is 0 Å². The van der Waals surface area contributed by atoms with Gasteiger partial charge in [0, 0.05) is 5.56 Å². The van der Waals surface area contributed by atoms with Gasteiger partial charge >= 0.3 is 0 Å².